The summed E-state index contributed by atoms with van der Waals surface area (Å²) in [4.78, 5) is 11.1. The summed E-state index contributed by atoms with van der Waals surface area (Å²) < 4.78 is 24.5. The fourth-order valence-electron chi connectivity index (χ4n) is 1.51. The van der Waals surface area contributed by atoms with E-state index in [0.29, 0.717) is 10.4 Å². The van der Waals surface area contributed by atoms with Crippen molar-refractivity contribution in [3.05, 3.63) is 47.0 Å². The van der Waals surface area contributed by atoms with Gasteiger partial charge in [0.25, 0.3) is 0 Å². The number of fused-ring (bicyclic) bond motifs is 1. The summed E-state index contributed by atoms with van der Waals surface area (Å²) in [5.41, 5.74) is -0.0180. The van der Waals surface area contributed by atoms with Crippen LogP contribution >= 0.6 is 11.6 Å². The fraction of sp³-hybridized carbons (Fsp3) is 0.0833. The number of hydrogen-bond donors (Lipinski definition) is 0. The Labute approximate surface area is 95.6 Å². The van der Waals surface area contributed by atoms with Gasteiger partial charge >= 0.3 is 6.43 Å². The molecule has 0 bridgehead atoms. The molecule has 0 aromatic heterocycles. The van der Waals surface area contributed by atoms with E-state index < -0.39 is 12.2 Å². The summed E-state index contributed by atoms with van der Waals surface area (Å²) in [6, 6.07) is 9.60. The summed E-state index contributed by atoms with van der Waals surface area (Å²) in [5, 5.41) is 1.87. The maximum atomic E-state index is 12.2. The Morgan fingerprint density at radius 2 is 1.94 bits per heavy atom. The zero-order valence-corrected chi connectivity index (χ0v) is 8.84. The van der Waals surface area contributed by atoms with E-state index in [9.17, 15) is 13.6 Å². The van der Waals surface area contributed by atoms with Crippen molar-refractivity contribution in [2.24, 2.45) is 0 Å². The quantitative estimate of drug-likeness (QED) is 0.727. The molecule has 0 spiro atoms. The van der Waals surface area contributed by atoms with E-state index in [0.717, 1.165) is 5.39 Å². The summed E-state index contributed by atoms with van der Waals surface area (Å²) in [6.07, 6.45) is -2.99. The highest BCUT2D eigenvalue weighted by molar-refractivity contribution is 6.35. The number of ketones is 1. The number of halogens is 3. The van der Waals surface area contributed by atoms with Gasteiger partial charge in [-0.15, -0.1) is 0 Å². The predicted octanol–water partition coefficient (Wildman–Crippen LogP) is 3.94. The molecule has 0 fully saturated rings. The largest absolute Gasteiger partial charge is 0.300 e. The van der Waals surface area contributed by atoms with E-state index in [1.807, 2.05) is 0 Å². The molecular formula is C12H7ClF2O. The third kappa shape index (κ3) is 1.91. The van der Waals surface area contributed by atoms with Gasteiger partial charge in [0.15, 0.2) is 0 Å². The highest BCUT2D eigenvalue weighted by Crippen LogP contribution is 2.25. The molecule has 2 aromatic carbocycles. The number of hydrogen-bond acceptors (Lipinski definition) is 1. The average molecular weight is 241 g/mol. The van der Waals surface area contributed by atoms with Gasteiger partial charge in [0, 0.05) is 16.0 Å². The highest BCUT2D eigenvalue weighted by Gasteiger charge is 2.17. The van der Waals surface area contributed by atoms with Crippen molar-refractivity contribution in [1.82, 2.24) is 0 Å². The molecule has 0 radical (unpaired) electrons. The molecule has 0 unspecified atom stereocenters. The van der Waals surface area contributed by atoms with Crippen LogP contribution in [0.4, 0.5) is 8.78 Å². The Morgan fingerprint density at radius 3 is 2.62 bits per heavy atom. The first kappa shape index (κ1) is 11.0. The topological polar surface area (TPSA) is 17.1 Å². The summed E-state index contributed by atoms with van der Waals surface area (Å²) in [7, 11) is 0. The third-order valence-corrected chi connectivity index (χ3v) is 2.64. The van der Waals surface area contributed by atoms with Crippen LogP contribution in [0, 0.1) is 0 Å². The summed E-state index contributed by atoms with van der Waals surface area (Å²) in [5.74, 6) is -1.18. The maximum Gasteiger partial charge on any atom is 0.300 e. The normalized spacial score (nSPS) is 11.0. The molecule has 0 aliphatic heterocycles. The van der Waals surface area contributed by atoms with Crippen molar-refractivity contribution in [1.29, 1.82) is 0 Å². The lowest BCUT2D eigenvalue weighted by Gasteiger charge is -2.03. The van der Waals surface area contributed by atoms with Crippen LogP contribution in [-0.2, 0) is 0 Å². The van der Waals surface area contributed by atoms with Gasteiger partial charge in [-0.3, -0.25) is 4.79 Å². The molecule has 1 nitrogen and oxygen atoms in total. The molecule has 2 aromatic rings. The SMILES string of the molecule is O=C(c1ccc2cccc(Cl)c2c1)C(F)F. The van der Waals surface area contributed by atoms with E-state index in [2.05, 4.69) is 0 Å². The number of rotatable bonds is 2. The fourth-order valence-corrected chi connectivity index (χ4v) is 1.75. The average Bonchev–Trinajstić information content (AvgIpc) is 2.28. The van der Waals surface area contributed by atoms with Crippen molar-refractivity contribution in [2.75, 3.05) is 0 Å². The lowest BCUT2D eigenvalue weighted by atomic mass is 10.0. The molecule has 82 valence electrons. The molecule has 0 N–H and O–H groups in total. The van der Waals surface area contributed by atoms with Crippen LogP contribution in [0.2, 0.25) is 5.02 Å². The van der Waals surface area contributed by atoms with Crippen LogP contribution < -0.4 is 0 Å². The summed E-state index contributed by atoms with van der Waals surface area (Å²) in [6.45, 7) is 0. The van der Waals surface area contributed by atoms with E-state index >= 15 is 0 Å². The number of carbonyl (C=O) groups excluding carboxylic acids is 1. The first-order chi connectivity index (χ1) is 7.59. The molecule has 0 saturated carbocycles. The smallest absolute Gasteiger partial charge is 0.288 e. The molecule has 4 heteroatoms. The van der Waals surface area contributed by atoms with Gasteiger partial charge in [0.1, 0.15) is 0 Å². The van der Waals surface area contributed by atoms with Crippen LogP contribution in [0.15, 0.2) is 36.4 Å². The van der Waals surface area contributed by atoms with E-state index in [-0.39, 0.29) is 5.56 Å². The van der Waals surface area contributed by atoms with Crippen LogP contribution in [0.5, 0.6) is 0 Å². The zero-order valence-electron chi connectivity index (χ0n) is 8.08. The second-order valence-electron chi connectivity index (χ2n) is 3.34. The minimum absolute atomic E-state index is 0.0180. The monoisotopic (exact) mass is 240 g/mol. The summed E-state index contributed by atoms with van der Waals surface area (Å²) >= 11 is 5.91. The minimum atomic E-state index is -2.99. The third-order valence-electron chi connectivity index (χ3n) is 2.31. The second-order valence-corrected chi connectivity index (χ2v) is 3.75. The second kappa shape index (κ2) is 4.18. The number of carbonyl (C=O) groups is 1. The van der Waals surface area contributed by atoms with E-state index in [1.165, 1.54) is 12.1 Å². The van der Waals surface area contributed by atoms with Gasteiger partial charge in [-0.1, -0.05) is 35.9 Å². The Bertz CT molecular complexity index is 552. The molecule has 2 rings (SSSR count). The number of alkyl halides is 2. The van der Waals surface area contributed by atoms with Crippen molar-refractivity contribution in [3.8, 4) is 0 Å². The molecule has 0 atom stereocenters. The number of benzene rings is 2. The Balaban J connectivity index is 2.59. The molecule has 16 heavy (non-hydrogen) atoms. The van der Waals surface area contributed by atoms with E-state index in [4.69, 9.17) is 11.6 Å². The van der Waals surface area contributed by atoms with Crippen molar-refractivity contribution < 1.29 is 13.6 Å². The van der Waals surface area contributed by atoms with Gasteiger partial charge in [-0.05, 0) is 17.5 Å². The van der Waals surface area contributed by atoms with Gasteiger partial charge in [-0.2, -0.15) is 0 Å². The maximum absolute atomic E-state index is 12.2. The molecular weight excluding hydrogens is 234 g/mol. The lowest BCUT2D eigenvalue weighted by Crippen LogP contribution is -2.09. The van der Waals surface area contributed by atoms with Crippen LogP contribution in [0.1, 0.15) is 10.4 Å². The standard InChI is InChI=1S/C12H7ClF2O/c13-10-3-1-2-7-4-5-8(6-9(7)10)11(16)12(14)15/h1-6,12H. The lowest BCUT2D eigenvalue weighted by molar-refractivity contribution is 0.0679. The van der Waals surface area contributed by atoms with Crippen LogP contribution in [-0.4, -0.2) is 12.2 Å². The highest BCUT2D eigenvalue weighted by atomic mass is 35.5. The Morgan fingerprint density at radius 1 is 1.19 bits per heavy atom. The van der Waals surface area contributed by atoms with Gasteiger partial charge in [0.05, 0.1) is 0 Å². The van der Waals surface area contributed by atoms with Gasteiger partial charge in [0.2, 0.25) is 5.78 Å². The molecule has 0 aliphatic carbocycles. The zero-order chi connectivity index (χ0) is 11.7. The Kier molecular flexibility index (Phi) is 2.88. The molecule has 0 saturated heterocycles. The number of Topliss-reactive ketones (excluding diaryl/α,β-unsaturated/α-hetero) is 1. The predicted molar refractivity (Wildman–Crippen MR) is 59.3 cm³/mol. The molecule has 0 amide bonds. The minimum Gasteiger partial charge on any atom is -0.288 e. The van der Waals surface area contributed by atoms with E-state index in [1.54, 1.807) is 24.3 Å². The van der Waals surface area contributed by atoms with Crippen molar-refractivity contribution in [2.45, 2.75) is 6.43 Å². The molecule has 0 heterocycles. The van der Waals surface area contributed by atoms with Crippen LogP contribution in [0.25, 0.3) is 10.8 Å². The molecule has 0 aliphatic rings. The van der Waals surface area contributed by atoms with Gasteiger partial charge in [-0.25, -0.2) is 8.78 Å². The first-order valence-corrected chi connectivity index (χ1v) is 4.98. The first-order valence-electron chi connectivity index (χ1n) is 4.60. The van der Waals surface area contributed by atoms with Crippen molar-refractivity contribution >= 4 is 28.2 Å². The van der Waals surface area contributed by atoms with Gasteiger partial charge < -0.3 is 0 Å². The Hall–Kier alpha value is -1.48. The van der Waals surface area contributed by atoms with Crippen LogP contribution in [0.3, 0.4) is 0 Å². The van der Waals surface area contributed by atoms with Crippen molar-refractivity contribution in [3.63, 3.8) is 0 Å².